The largest absolute Gasteiger partial charge is 0.481 e. The third-order valence-electron chi connectivity index (χ3n) is 7.38. The van der Waals surface area contributed by atoms with Crippen LogP contribution in [0.3, 0.4) is 0 Å². The summed E-state index contributed by atoms with van der Waals surface area (Å²) < 4.78 is 0. The third kappa shape index (κ3) is 3.49. The predicted molar refractivity (Wildman–Crippen MR) is 126 cm³/mol. The molecule has 0 radical (unpaired) electrons. The lowest BCUT2D eigenvalue weighted by molar-refractivity contribution is -0.143. The maximum absolute atomic E-state index is 11.9. The Balaban J connectivity index is 1.31. The van der Waals surface area contributed by atoms with Crippen molar-refractivity contribution in [3.8, 4) is 0 Å². The second kappa shape index (κ2) is 7.69. The van der Waals surface area contributed by atoms with Gasteiger partial charge in [0.15, 0.2) is 0 Å². The molecule has 3 aromatic rings. The Morgan fingerprint density at radius 3 is 2.81 bits per heavy atom. The van der Waals surface area contributed by atoms with E-state index in [1.807, 2.05) is 6.92 Å². The highest BCUT2D eigenvalue weighted by Crippen LogP contribution is 2.41. The molecule has 4 heteroatoms. The Kier molecular flexibility index (Phi) is 4.98. The predicted octanol–water partition coefficient (Wildman–Crippen LogP) is 5.06. The van der Waals surface area contributed by atoms with Crippen molar-refractivity contribution in [2.24, 2.45) is 0 Å². The van der Waals surface area contributed by atoms with Crippen LogP contribution in [0.25, 0.3) is 10.8 Å². The highest BCUT2D eigenvalue weighted by Gasteiger charge is 2.41. The highest BCUT2D eigenvalue weighted by molar-refractivity contribution is 5.86. The van der Waals surface area contributed by atoms with E-state index in [2.05, 4.69) is 77.8 Å². The summed E-state index contributed by atoms with van der Waals surface area (Å²) >= 11 is 0. The first kappa shape index (κ1) is 20.1. The molecule has 0 bridgehead atoms. The van der Waals surface area contributed by atoms with Gasteiger partial charge >= 0.3 is 5.97 Å². The molecule has 1 fully saturated rings. The van der Waals surface area contributed by atoms with Crippen LogP contribution in [0.4, 0.5) is 5.69 Å². The van der Waals surface area contributed by atoms with Gasteiger partial charge in [0.05, 0.1) is 5.41 Å². The number of hydrogen-bond acceptors (Lipinski definition) is 3. The number of anilines is 1. The van der Waals surface area contributed by atoms with Gasteiger partial charge in [0.25, 0.3) is 0 Å². The summed E-state index contributed by atoms with van der Waals surface area (Å²) in [5.41, 5.74) is 3.91. The first-order valence-electron chi connectivity index (χ1n) is 11.3. The topological polar surface area (TPSA) is 52.6 Å². The molecule has 0 aromatic heterocycles. The zero-order valence-corrected chi connectivity index (χ0v) is 18.3. The third-order valence-corrected chi connectivity index (χ3v) is 7.38. The van der Waals surface area contributed by atoms with Gasteiger partial charge in [0.1, 0.15) is 0 Å². The molecule has 3 atom stereocenters. The van der Waals surface area contributed by atoms with Crippen LogP contribution in [0.5, 0.6) is 0 Å². The van der Waals surface area contributed by atoms with Gasteiger partial charge in [0.2, 0.25) is 0 Å². The van der Waals surface area contributed by atoms with Crippen molar-refractivity contribution in [3.63, 3.8) is 0 Å². The molecule has 2 N–H and O–H groups in total. The quantitative estimate of drug-likeness (QED) is 0.613. The zero-order chi connectivity index (χ0) is 21.6. The zero-order valence-electron chi connectivity index (χ0n) is 18.3. The first-order valence-corrected chi connectivity index (χ1v) is 11.3. The van der Waals surface area contributed by atoms with E-state index in [9.17, 15) is 9.90 Å². The van der Waals surface area contributed by atoms with Crippen LogP contribution < -0.4 is 10.2 Å². The Bertz CT molecular complexity index is 1140. The van der Waals surface area contributed by atoms with E-state index in [-0.39, 0.29) is 6.04 Å². The number of nitrogens with one attached hydrogen (secondary N) is 1. The van der Waals surface area contributed by atoms with E-state index in [4.69, 9.17) is 0 Å². The second-order valence-corrected chi connectivity index (χ2v) is 9.37. The molecular formula is C27H30N2O2. The van der Waals surface area contributed by atoms with Gasteiger partial charge in [-0.25, -0.2) is 0 Å². The number of carbonyl (C=O) groups is 1. The fraction of sp³-hybridized carbons (Fsp3) is 0.370. The SMILES string of the molecule is CC(N[C@H]1CCN(c2ccc3c(c2)[C@](C)(C(=O)O)CC3)C1)c1cccc2ccccc12. The van der Waals surface area contributed by atoms with Crippen molar-refractivity contribution in [2.45, 2.75) is 50.6 Å². The van der Waals surface area contributed by atoms with E-state index in [1.54, 1.807) is 0 Å². The van der Waals surface area contributed by atoms with E-state index < -0.39 is 11.4 Å². The van der Waals surface area contributed by atoms with Gasteiger partial charge in [-0.3, -0.25) is 4.79 Å². The average molecular weight is 415 g/mol. The molecule has 2 aliphatic rings. The van der Waals surface area contributed by atoms with Crippen LogP contribution in [0.15, 0.2) is 60.7 Å². The molecule has 1 saturated heterocycles. The molecule has 160 valence electrons. The maximum atomic E-state index is 11.9. The van der Waals surface area contributed by atoms with Crippen LogP contribution in [0.1, 0.15) is 49.4 Å². The normalized spacial score (nSPS) is 23.8. The molecule has 3 aromatic carbocycles. The Morgan fingerprint density at radius 2 is 1.97 bits per heavy atom. The van der Waals surface area contributed by atoms with Crippen molar-refractivity contribution in [2.75, 3.05) is 18.0 Å². The number of hydrogen-bond donors (Lipinski definition) is 2. The molecule has 5 rings (SSSR count). The van der Waals surface area contributed by atoms with Gasteiger partial charge in [0, 0.05) is 30.9 Å². The van der Waals surface area contributed by atoms with Crippen molar-refractivity contribution in [1.29, 1.82) is 0 Å². The molecule has 0 spiro atoms. The number of benzene rings is 3. The summed E-state index contributed by atoms with van der Waals surface area (Å²) in [4.78, 5) is 14.3. The lowest BCUT2D eigenvalue weighted by Crippen LogP contribution is -2.34. The summed E-state index contributed by atoms with van der Waals surface area (Å²) in [5.74, 6) is -0.715. The fourth-order valence-electron chi connectivity index (χ4n) is 5.44. The second-order valence-electron chi connectivity index (χ2n) is 9.37. The van der Waals surface area contributed by atoms with E-state index in [0.717, 1.165) is 37.2 Å². The molecule has 0 saturated carbocycles. The first-order chi connectivity index (χ1) is 15.0. The molecular weight excluding hydrogens is 384 g/mol. The molecule has 0 amide bonds. The number of aliphatic carboxylic acids is 1. The van der Waals surface area contributed by atoms with Crippen LogP contribution in [0.2, 0.25) is 0 Å². The Labute approximate surface area is 183 Å². The number of carboxylic acid groups (broad SMARTS) is 1. The number of aryl methyl sites for hydroxylation is 1. The lowest BCUT2D eigenvalue weighted by Gasteiger charge is -2.25. The Morgan fingerprint density at radius 1 is 1.16 bits per heavy atom. The minimum Gasteiger partial charge on any atom is -0.481 e. The van der Waals surface area contributed by atoms with Crippen molar-refractivity contribution >= 4 is 22.4 Å². The van der Waals surface area contributed by atoms with E-state index >= 15 is 0 Å². The van der Waals surface area contributed by atoms with Gasteiger partial charge in [-0.1, -0.05) is 48.5 Å². The fourth-order valence-corrected chi connectivity index (χ4v) is 5.44. The number of carboxylic acids is 1. The van der Waals surface area contributed by atoms with Crippen molar-refractivity contribution in [1.82, 2.24) is 5.32 Å². The van der Waals surface area contributed by atoms with Gasteiger partial charge in [-0.15, -0.1) is 0 Å². The summed E-state index contributed by atoms with van der Waals surface area (Å²) in [7, 11) is 0. The summed E-state index contributed by atoms with van der Waals surface area (Å²) in [6.45, 7) is 6.05. The standard InChI is InChI=1S/C27H30N2O2/c1-18(23-9-5-7-19-6-3-4-8-24(19)23)28-21-13-15-29(17-21)22-11-10-20-12-14-27(2,26(30)31)25(20)16-22/h3-11,16,18,21,28H,12-15,17H2,1-2H3,(H,30,31)/t18?,21-,27+/m0/s1. The summed E-state index contributed by atoms with van der Waals surface area (Å²) in [6, 6.07) is 22.2. The summed E-state index contributed by atoms with van der Waals surface area (Å²) in [6.07, 6.45) is 2.63. The van der Waals surface area contributed by atoms with E-state index in [1.165, 1.54) is 21.9 Å². The Hall–Kier alpha value is -2.85. The van der Waals surface area contributed by atoms with Crippen LogP contribution in [0, 0.1) is 0 Å². The van der Waals surface area contributed by atoms with Crippen molar-refractivity contribution < 1.29 is 9.90 Å². The minimum atomic E-state index is -0.758. The minimum absolute atomic E-state index is 0.270. The van der Waals surface area contributed by atoms with Gasteiger partial charge in [-0.2, -0.15) is 0 Å². The lowest BCUT2D eigenvalue weighted by atomic mass is 9.84. The van der Waals surface area contributed by atoms with Crippen molar-refractivity contribution in [3.05, 3.63) is 77.4 Å². The monoisotopic (exact) mass is 414 g/mol. The van der Waals surface area contributed by atoms with Crippen LogP contribution in [-0.4, -0.2) is 30.2 Å². The molecule has 4 nitrogen and oxygen atoms in total. The van der Waals surface area contributed by atoms with Gasteiger partial charge in [-0.05, 0) is 72.7 Å². The van der Waals surface area contributed by atoms with Crippen LogP contribution >= 0.6 is 0 Å². The highest BCUT2D eigenvalue weighted by atomic mass is 16.4. The maximum Gasteiger partial charge on any atom is 0.313 e. The smallest absolute Gasteiger partial charge is 0.313 e. The molecule has 1 heterocycles. The molecule has 1 aliphatic carbocycles. The number of fused-ring (bicyclic) bond motifs is 2. The molecule has 1 unspecified atom stereocenters. The average Bonchev–Trinajstić information content (AvgIpc) is 3.38. The number of nitrogens with zero attached hydrogens (tertiary/aromatic N) is 1. The molecule has 31 heavy (non-hydrogen) atoms. The summed E-state index contributed by atoms with van der Waals surface area (Å²) in [5, 5.41) is 16.2. The van der Waals surface area contributed by atoms with Crippen LogP contribution in [-0.2, 0) is 16.6 Å². The molecule has 1 aliphatic heterocycles. The number of rotatable bonds is 5. The van der Waals surface area contributed by atoms with Gasteiger partial charge < -0.3 is 15.3 Å². The van der Waals surface area contributed by atoms with E-state index in [0.29, 0.717) is 12.5 Å².